The van der Waals surface area contributed by atoms with Crippen LogP contribution in [0.3, 0.4) is 0 Å². The SMILES string of the molecule is O=c1[nH]cc(CCl)c(C(F)F)c1CO. The zero-order valence-corrected chi connectivity index (χ0v) is 7.81. The van der Waals surface area contributed by atoms with E-state index in [-0.39, 0.29) is 17.0 Å². The lowest BCUT2D eigenvalue weighted by atomic mass is 10.1. The van der Waals surface area contributed by atoms with E-state index in [1.807, 2.05) is 0 Å². The molecule has 78 valence electrons. The summed E-state index contributed by atoms with van der Waals surface area (Å²) in [5.41, 5.74) is -1.37. The normalized spacial score (nSPS) is 10.9. The predicted molar refractivity (Wildman–Crippen MR) is 47.5 cm³/mol. The Morgan fingerprint density at radius 1 is 1.57 bits per heavy atom. The van der Waals surface area contributed by atoms with Crippen LogP contribution in [0, 0.1) is 0 Å². The molecule has 0 unspecified atom stereocenters. The second kappa shape index (κ2) is 4.52. The maximum absolute atomic E-state index is 12.5. The van der Waals surface area contributed by atoms with Gasteiger partial charge in [-0.1, -0.05) is 0 Å². The van der Waals surface area contributed by atoms with Gasteiger partial charge in [0.25, 0.3) is 12.0 Å². The second-order valence-corrected chi connectivity index (χ2v) is 2.89. The molecule has 2 N–H and O–H groups in total. The highest BCUT2D eigenvalue weighted by Gasteiger charge is 2.19. The molecule has 0 aliphatic carbocycles. The lowest BCUT2D eigenvalue weighted by molar-refractivity contribution is 0.145. The number of aliphatic hydroxyl groups excluding tert-OH is 1. The van der Waals surface area contributed by atoms with Gasteiger partial charge in [-0.3, -0.25) is 4.79 Å². The summed E-state index contributed by atoms with van der Waals surface area (Å²) in [6.45, 7) is -0.722. The minimum absolute atomic E-state index is 0.130. The van der Waals surface area contributed by atoms with Crippen molar-refractivity contribution >= 4 is 11.6 Å². The second-order valence-electron chi connectivity index (χ2n) is 2.63. The molecule has 1 aromatic rings. The van der Waals surface area contributed by atoms with Crippen LogP contribution in [0.4, 0.5) is 8.78 Å². The first-order chi connectivity index (χ1) is 6.61. The van der Waals surface area contributed by atoms with E-state index >= 15 is 0 Å². The number of aromatic nitrogens is 1. The van der Waals surface area contributed by atoms with Gasteiger partial charge in [-0.15, -0.1) is 11.6 Å². The Morgan fingerprint density at radius 2 is 2.21 bits per heavy atom. The Morgan fingerprint density at radius 3 is 2.64 bits per heavy atom. The number of pyridine rings is 1. The fraction of sp³-hybridized carbons (Fsp3) is 0.375. The van der Waals surface area contributed by atoms with Gasteiger partial charge in [-0.25, -0.2) is 8.78 Å². The summed E-state index contributed by atoms with van der Waals surface area (Å²) in [7, 11) is 0. The summed E-state index contributed by atoms with van der Waals surface area (Å²) < 4.78 is 25.0. The van der Waals surface area contributed by atoms with Gasteiger partial charge < -0.3 is 10.1 Å². The Bertz CT molecular complexity index is 378. The number of hydrogen-bond acceptors (Lipinski definition) is 2. The Hall–Kier alpha value is -0.940. The molecule has 1 aromatic heterocycles. The Balaban J connectivity index is 3.44. The van der Waals surface area contributed by atoms with E-state index in [0.717, 1.165) is 6.20 Å². The minimum atomic E-state index is -2.81. The third kappa shape index (κ3) is 1.93. The number of aromatic amines is 1. The van der Waals surface area contributed by atoms with Gasteiger partial charge in [0.1, 0.15) is 0 Å². The van der Waals surface area contributed by atoms with Crippen molar-refractivity contribution in [3.63, 3.8) is 0 Å². The topological polar surface area (TPSA) is 53.1 Å². The summed E-state index contributed by atoms with van der Waals surface area (Å²) in [6, 6.07) is 0. The van der Waals surface area contributed by atoms with Gasteiger partial charge >= 0.3 is 0 Å². The number of hydrogen-bond donors (Lipinski definition) is 2. The molecule has 0 amide bonds. The summed E-state index contributed by atoms with van der Waals surface area (Å²) in [6.07, 6.45) is -1.68. The molecule has 3 nitrogen and oxygen atoms in total. The molecular weight excluding hydrogens is 216 g/mol. The van der Waals surface area contributed by atoms with Crippen LogP contribution in [-0.2, 0) is 12.5 Å². The molecule has 0 aliphatic rings. The van der Waals surface area contributed by atoms with E-state index < -0.39 is 24.2 Å². The maximum Gasteiger partial charge on any atom is 0.264 e. The van der Waals surface area contributed by atoms with Crippen LogP contribution in [0.2, 0.25) is 0 Å². The van der Waals surface area contributed by atoms with Crippen LogP contribution >= 0.6 is 11.6 Å². The van der Waals surface area contributed by atoms with Crippen LogP contribution < -0.4 is 5.56 Å². The van der Waals surface area contributed by atoms with Crippen LogP contribution in [0.15, 0.2) is 11.0 Å². The van der Waals surface area contributed by atoms with Crippen molar-refractivity contribution in [1.29, 1.82) is 0 Å². The Labute approximate surface area is 83.3 Å². The average Bonchev–Trinajstić information content (AvgIpc) is 2.17. The first-order valence-electron chi connectivity index (χ1n) is 3.80. The van der Waals surface area contributed by atoms with Crippen molar-refractivity contribution in [1.82, 2.24) is 4.98 Å². The molecule has 0 bridgehead atoms. The number of H-pyrrole nitrogens is 1. The molecule has 0 aliphatic heterocycles. The van der Waals surface area contributed by atoms with Crippen LogP contribution in [-0.4, -0.2) is 10.1 Å². The number of aliphatic hydroxyl groups is 1. The lowest BCUT2D eigenvalue weighted by Crippen LogP contribution is -2.17. The average molecular weight is 224 g/mol. The molecule has 1 rings (SSSR count). The monoisotopic (exact) mass is 223 g/mol. The minimum Gasteiger partial charge on any atom is -0.391 e. The summed E-state index contributed by atoms with van der Waals surface area (Å²) in [4.78, 5) is 13.3. The highest BCUT2D eigenvalue weighted by Crippen LogP contribution is 2.25. The highest BCUT2D eigenvalue weighted by molar-refractivity contribution is 6.17. The number of halogens is 3. The van der Waals surface area contributed by atoms with E-state index in [2.05, 4.69) is 4.98 Å². The molecule has 0 saturated heterocycles. The molecule has 0 aromatic carbocycles. The van der Waals surface area contributed by atoms with E-state index in [4.69, 9.17) is 16.7 Å². The third-order valence-electron chi connectivity index (χ3n) is 1.84. The molecular formula is C8H8ClF2NO2. The number of rotatable bonds is 3. The van der Waals surface area contributed by atoms with Gasteiger partial charge in [0.05, 0.1) is 12.2 Å². The third-order valence-corrected chi connectivity index (χ3v) is 2.13. The lowest BCUT2D eigenvalue weighted by Gasteiger charge is -2.09. The number of nitrogens with one attached hydrogen (secondary N) is 1. The van der Waals surface area contributed by atoms with Crippen molar-refractivity contribution in [3.05, 3.63) is 33.2 Å². The quantitative estimate of drug-likeness (QED) is 0.764. The van der Waals surface area contributed by atoms with Gasteiger partial charge in [0.15, 0.2) is 0 Å². The molecule has 6 heteroatoms. The zero-order valence-electron chi connectivity index (χ0n) is 7.06. The molecule has 0 saturated carbocycles. The van der Waals surface area contributed by atoms with Gasteiger partial charge in [-0.05, 0) is 5.56 Å². The van der Waals surface area contributed by atoms with Gasteiger partial charge in [0.2, 0.25) is 0 Å². The maximum atomic E-state index is 12.5. The first kappa shape index (κ1) is 11.1. The standard InChI is InChI=1S/C8H8ClF2NO2/c9-1-4-2-12-8(14)5(3-13)6(4)7(10)11/h2,7,13H,1,3H2,(H,12,14). The zero-order chi connectivity index (χ0) is 10.7. The van der Waals surface area contributed by atoms with Gasteiger partial charge in [-0.2, -0.15) is 0 Å². The molecule has 0 atom stereocenters. The van der Waals surface area contributed by atoms with E-state index in [1.54, 1.807) is 0 Å². The first-order valence-corrected chi connectivity index (χ1v) is 4.33. The largest absolute Gasteiger partial charge is 0.391 e. The van der Waals surface area contributed by atoms with Crippen molar-refractivity contribution < 1.29 is 13.9 Å². The van der Waals surface area contributed by atoms with E-state index in [0.29, 0.717) is 0 Å². The van der Waals surface area contributed by atoms with Crippen LogP contribution in [0.5, 0.6) is 0 Å². The molecule has 1 heterocycles. The van der Waals surface area contributed by atoms with Crippen LogP contribution in [0.25, 0.3) is 0 Å². The highest BCUT2D eigenvalue weighted by atomic mass is 35.5. The van der Waals surface area contributed by atoms with E-state index in [9.17, 15) is 13.6 Å². The van der Waals surface area contributed by atoms with Crippen molar-refractivity contribution in [2.75, 3.05) is 0 Å². The fourth-order valence-electron chi connectivity index (χ4n) is 1.17. The van der Waals surface area contributed by atoms with Crippen molar-refractivity contribution in [2.45, 2.75) is 18.9 Å². The van der Waals surface area contributed by atoms with E-state index in [1.165, 1.54) is 0 Å². The van der Waals surface area contributed by atoms with Crippen LogP contribution in [0.1, 0.15) is 23.1 Å². The smallest absolute Gasteiger partial charge is 0.264 e. The Kier molecular flexibility index (Phi) is 3.60. The molecule has 0 radical (unpaired) electrons. The predicted octanol–water partition coefficient (Wildman–Crippen LogP) is 1.54. The molecule has 14 heavy (non-hydrogen) atoms. The van der Waals surface area contributed by atoms with Crippen molar-refractivity contribution in [3.8, 4) is 0 Å². The van der Waals surface area contributed by atoms with Gasteiger partial charge in [0, 0.05) is 17.6 Å². The fourth-order valence-corrected chi connectivity index (χ4v) is 1.39. The number of alkyl halides is 3. The molecule has 0 fully saturated rings. The molecule has 0 spiro atoms. The summed E-state index contributed by atoms with van der Waals surface area (Å²) >= 11 is 5.42. The summed E-state index contributed by atoms with van der Waals surface area (Å²) in [5.74, 6) is -0.135. The van der Waals surface area contributed by atoms with Crippen molar-refractivity contribution in [2.24, 2.45) is 0 Å². The summed E-state index contributed by atoms with van der Waals surface area (Å²) in [5, 5.41) is 8.77.